The first kappa shape index (κ1) is 18.5. The third-order valence-corrected chi connectivity index (χ3v) is 5.75. The maximum absolute atomic E-state index is 6.04. The van der Waals surface area contributed by atoms with Gasteiger partial charge in [0.15, 0.2) is 0 Å². The van der Waals surface area contributed by atoms with Gasteiger partial charge in [-0.1, -0.05) is 23.7 Å². The molecule has 2 aliphatic rings. The van der Waals surface area contributed by atoms with Gasteiger partial charge >= 0.3 is 0 Å². The van der Waals surface area contributed by atoms with Crippen molar-refractivity contribution in [3.05, 3.63) is 34.9 Å². The van der Waals surface area contributed by atoms with Crippen LogP contribution in [-0.4, -0.2) is 58.1 Å². The molecule has 3 heterocycles. The standard InChI is InChI=1S/C19H27ClN6O/c1-13-11-26(16(12-27-13)10-14-5-7-15(20)8-6-14)17-4-2-3-9-25(17)19-22-18(21)23-24-19/h5-8,13,16-17H,2-4,9-12H2,1H3,(H3,21,22,23,24)/t13-,16-,17?/m0/s1. The van der Waals surface area contributed by atoms with Crippen molar-refractivity contribution < 1.29 is 4.74 Å². The molecule has 2 saturated heterocycles. The second-order valence-electron chi connectivity index (χ2n) is 7.52. The quantitative estimate of drug-likeness (QED) is 0.835. The minimum Gasteiger partial charge on any atom is -0.376 e. The third kappa shape index (κ3) is 4.20. The summed E-state index contributed by atoms with van der Waals surface area (Å²) in [4.78, 5) is 9.25. The number of nitrogen functional groups attached to an aromatic ring is 1. The van der Waals surface area contributed by atoms with Crippen molar-refractivity contribution in [2.75, 3.05) is 30.3 Å². The van der Waals surface area contributed by atoms with Crippen LogP contribution < -0.4 is 10.6 Å². The number of anilines is 2. The summed E-state index contributed by atoms with van der Waals surface area (Å²) >= 11 is 6.04. The highest BCUT2D eigenvalue weighted by atomic mass is 35.5. The number of aromatic amines is 1. The second-order valence-corrected chi connectivity index (χ2v) is 7.95. The van der Waals surface area contributed by atoms with Gasteiger partial charge < -0.3 is 15.4 Å². The number of halogens is 1. The Kier molecular flexibility index (Phi) is 5.52. The Morgan fingerprint density at radius 1 is 1.30 bits per heavy atom. The molecule has 0 spiro atoms. The topological polar surface area (TPSA) is 83.3 Å². The number of nitrogens with two attached hydrogens (primary N) is 1. The van der Waals surface area contributed by atoms with Crippen LogP contribution in [0.25, 0.3) is 0 Å². The van der Waals surface area contributed by atoms with Crippen LogP contribution in [0.15, 0.2) is 24.3 Å². The van der Waals surface area contributed by atoms with Crippen molar-refractivity contribution in [1.82, 2.24) is 20.1 Å². The van der Waals surface area contributed by atoms with Crippen molar-refractivity contribution in [2.24, 2.45) is 0 Å². The molecule has 27 heavy (non-hydrogen) atoms. The van der Waals surface area contributed by atoms with Gasteiger partial charge in [0, 0.05) is 24.2 Å². The number of H-pyrrole nitrogens is 1. The van der Waals surface area contributed by atoms with Gasteiger partial charge in [0.2, 0.25) is 11.9 Å². The van der Waals surface area contributed by atoms with Gasteiger partial charge in [-0.15, -0.1) is 5.10 Å². The van der Waals surface area contributed by atoms with Crippen molar-refractivity contribution in [3.63, 3.8) is 0 Å². The normalized spacial score (nSPS) is 27.0. The van der Waals surface area contributed by atoms with E-state index in [1.165, 1.54) is 12.0 Å². The number of benzene rings is 1. The predicted molar refractivity (Wildman–Crippen MR) is 107 cm³/mol. The van der Waals surface area contributed by atoms with E-state index >= 15 is 0 Å². The number of rotatable bonds is 4. The van der Waals surface area contributed by atoms with Gasteiger partial charge in [-0.25, -0.2) is 5.10 Å². The Hall–Kier alpha value is -1.83. The zero-order valence-corrected chi connectivity index (χ0v) is 16.4. The first-order chi connectivity index (χ1) is 13.1. The largest absolute Gasteiger partial charge is 0.376 e. The van der Waals surface area contributed by atoms with E-state index < -0.39 is 0 Å². The molecule has 146 valence electrons. The van der Waals surface area contributed by atoms with Crippen LogP contribution in [0.2, 0.25) is 5.02 Å². The van der Waals surface area contributed by atoms with E-state index in [1.807, 2.05) is 12.1 Å². The van der Waals surface area contributed by atoms with Crippen LogP contribution in [0.5, 0.6) is 0 Å². The Labute approximate surface area is 164 Å². The minimum absolute atomic E-state index is 0.215. The molecule has 1 unspecified atom stereocenters. The molecule has 4 rings (SSSR count). The van der Waals surface area contributed by atoms with E-state index in [1.54, 1.807) is 0 Å². The summed E-state index contributed by atoms with van der Waals surface area (Å²) in [5.74, 6) is 1.06. The van der Waals surface area contributed by atoms with Crippen molar-refractivity contribution >= 4 is 23.5 Å². The molecule has 0 amide bonds. The van der Waals surface area contributed by atoms with E-state index in [0.717, 1.165) is 44.0 Å². The molecule has 3 atom stereocenters. The average Bonchev–Trinajstić information content (AvgIpc) is 3.11. The highest BCUT2D eigenvalue weighted by Crippen LogP contribution is 2.29. The average molecular weight is 391 g/mol. The van der Waals surface area contributed by atoms with Crippen LogP contribution in [0.3, 0.4) is 0 Å². The molecule has 2 aliphatic heterocycles. The number of piperidine rings is 1. The molecule has 8 heteroatoms. The number of morpholine rings is 1. The highest BCUT2D eigenvalue weighted by molar-refractivity contribution is 6.30. The van der Waals surface area contributed by atoms with E-state index in [4.69, 9.17) is 22.1 Å². The zero-order valence-electron chi connectivity index (χ0n) is 15.6. The van der Waals surface area contributed by atoms with Gasteiger partial charge in [0.25, 0.3) is 0 Å². The summed E-state index contributed by atoms with van der Waals surface area (Å²) in [5, 5.41) is 7.86. The van der Waals surface area contributed by atoms with Gasteiger partial charge in [-0.2, -0.15) is 4.98 Å². The molecular formula is C19H27ClN6O. The molecule has 3 N–H and O–H groups in total. The summed E-state index contributed by atoms with van der Waals surface area (Å²) in [6.45, 7) is 4.72. The van der Waals surface area contributed by atoms with E-state index in [2.05, 4.69) is 44.0 Å². The molecule has 2 aromatic rings. The fraction of sp³-hybridized carbons (Fsp3) is 0.579. The van der Waals surface area contributed by atoms with Gasteiger partial charge in [0.1, 0.15) is 0 Å². The lowest BCUT2D eigenvalue weighted by molar-refractivity contribution is -0.0750. The lowest BCUT2D eigenvalue weighted by Gasteiger charge is -2.48. The molecular weight excluding hydrogens is 364 g/mol. The van der Waals surface area contributed by atoms with Crippen LogP contribution in [-0.2, 0) is 11.2 Å². The molecule has 0 saturated carbocycles. The fourth-order valence-electron chi connectivity index (χ4n) is 4.19. The smallest absolute Gasteiger partial charge is 0.247 e. The molecule has 7 nitrogen and oxygen atoms in total. The Bertz CT molecular complexity index is 751. The maximum atomic E-state index is 6.04. The number of aromatic nitrogens is 3. The third-order valence-electron chi connectivity index (χ3n) is 5.50. The first-order valence-corrected chi connectivity index (χ1v) is 10.0. The summed E-state index contributed by atoms with van der Waals surface area (Å²) in [6.07, 6.45) is 4.86. The van der Waals surface area contributed by atoms with Crippen LogP contribution in [0, 0.1) is 0 Å². The highest BCUT2D eigenvalue weighted by Gasteiger charge is 2.37. The lowest BCUT2D eigenvalue weighted by Crippen LogP contribution is -2.61. The van der Waals surface area contributed by atoms with Crippen molar-refractivity contribution in [3.8, 4) is 0 Å². The predicted octanol–water partition coefficient (Wildman–Crippen LogP) is 2.69. The van der Waals surface area contributed by atoms with Crippen LogP contribution >= 0.6 is 11.6 Å². The zero-order chi connectivity index (χ0) is 18.8. The summed E-state index contributed by atoms with van der Waals surface area (Å²) in [5.41, 5.74) is 7.05. The summed E-state index contributed by atoms with van der Waals surface area (Å²) in [7, 11) is 0. The molecule has 0 bridgehead atoms. The number of hydrogen-bond acceptors (Lipinski definition) is 6. The SMILES string of the molecule is C[C@H]1CN(C2CCCCN2c2n[nH]c(N)n2)[C@@H](Cc2ccc(Cl)cc2)CO1. The molecule has 0 aliphatic carbocycles. The van der Waals surface area contributed by atoms with Gasteiger partial charge in [-0.3, -0.25) is 4.90 Å². The van der Waals surface area contributed by atoms with Crippen LogP contribution in [0.4, 0.5) is 11.9 Å². The summed E-state index contributed by atoms with van der Waals surface area (Å²) < 4.78 is 6.01. The first-order valence-electron chi connectivity index (χ1n) is 9.66. The van der Waals surface area contributed by atoms with E-state index in [0.29, 0.717) is 17.9 Å². The van der Waals surface area contributed by atoms with E-state index in [-0.39, 0.29) is 12.3 Å². The van der Waals surface area contributed by atoms with E-state index in [9.17, 15) is 0 Å². The number of hydrogen-bond donors (Lipinski definition) is 2. The van der Waals surface area contributed by atoms with Gasteiger partial charge in [0.05, 0.1) is 18.9 Å². The van der Waals surface area contributed by atoms with Crippen molar-refractivity contribution in [1.29, 1.82) is 0 Å². The number of nitrogens with one attached hydrogen (secondary N) is 1. The fourth-order valence-corrected chi connectivity index (χ4v) is 4.32. The molecule has 1 aromatic carbocycles. The summed E-state index contributed by atoms with van der Waals surface area (Å²) in [6, 6.07) is 8.43. The lowest BCUT2D eigenvalue weighted by atomic mass is 9.99. The maximum Gasteiger partial charge on any atom is 0.247 e. The molecule has 2 fully saturated rings. The monoisotopic (exact) mass is 390 g/mol. The Morgan fingerprint density at radius 3 is 2.85 bits per heavy atom. The van der Waals surface area contributed by atoms with Gasteiger partial charge in [-0.05, 0) is 50.3 Å². The molecule has 0 radical (unpaired) electrons. The minimum atomic E-state index is 0.215. The second kappa shape index (κ2) is 8.04. The van der Waals surface area contributed by atoms with Crippen LogP contribution in [0.1, 0.15) is 31.7 Å². The Balaban J connectivity index is 1.57. The van der Waals surface area contributed by atoms with Crippen molar-refractivity contribution in [2.45, 2.75) is 50.9 Å². The number of ether oxygens (including phenoxy) is 1. The number of nitrogens with zero attached hydrogens (tertiary/aromatic N) is 4. The Morgan fingerprint density at radius 2 is 2.11 bits per heavy atom. The molecule has 1 aromatic heterocycles.